The number of rotatable bonds is 3. The summed E-state index contributed by atoms with van der Waals surface area (Å²) in [5.74, 6) is 0.0328. The zero-order valence-electron chi connectivity index (χ0n) is 13.9. The molecule has 1 saturated carbocycles. The Morgan fingerprint density at radius 2 is 1.96 bits per heavy atom. The highest BCUT2D eigenvalue weighted by molar-refractivity contribution is 6.34. The molecule has 0 radical (unpaired) electrons. The first kappa shape index (κ1) is 17.0. The van der Waals surface area contributed by atoms with Gasteiger partial charge in [-0.05, 0) is 63.4 Å². The number of H-pyrrole nitrogens is 1. The molecule has 0 saturated heterocycles. The van der Waals surface area contributed by atoms with Gasteiger partial charge in [0.15, 0.2) is 0 Å². The number of hydrogen-bond acceptors (Lipinski definition) is 3. The van der Waals surface area contributed by atoms with Crippen molar-refractivity contribution >= 4 is 34.0 Å². The van der Waals surface area contributed by atoms with Gasteiger partial charge in [-0.3, -0.25) is 9.59 Å². The van der Waals surface area contributed by atoms with Gasteiger partial charge >= 0.3 is 0 Å². The number of anilines is 1. The number of fused-ring (bicyclic) bond motifs is 1. The number of benzene rings is 1. The Balaban J connectivity index is 1.74. The Morgan fingerprint density at radius 1 is 1.25 bits per heavy atom. The van der Waals surface area contributed by atoms with E-state index in [0.717, 1.165) is 31.1 Å². The maximum Gasteiger partial charge on any atom is 0.255 e. The van der Waals surface area contributed by atoms with Crippen molar-refractivity contribution in [1.29, 1.82) is 0 Å². The molecule has 5 nitrogen and oxygen atoms in total. The summed E-state index contributed by atoms with van der Waals surface area (Å²) in [4.78, 5) is 29.2. The normalized spacial score (nSPS) is 21.2. The summed E-state index contributed by atoms with van der Waals surface area (Å²) < 4.78 is 0. The number of carbonyl (C=O) groups excluding carboxylic acids is 1. The van der Waals surface area contributed by atoms with Crippen LogP contribution in [0, 0.1) is 5.92 Å². The summed E-state index contributed by atoms with van der Waals surface area (Å²) >= 11 is 6.25. The fraction of sp³-hybridized carbons (Fsp3) is 0.444. The highest BCUT2D eigenvalue weighted by atomic mass is 35.5. The lowest BCUT2D eigenvalue weighted by molar-refractivity contribution is -0.121. The highest BCUT2D eigenvalue weighted by Gasteiger charge is 2.27. The first-order valence-corrected chi connectivity index (χ1v) is 8.61. The summed E-state index contributed by atoms with van der Waals surface area (Å²) in [7, 11) is 4.17. The first-order valence-electron chi connectivity index (χ1n) is 8.24. The van der Waals surface area contributed by atoms with Crippen LogP contribution in [0.25, 0.3) is 10.8 Å². The predicted octanol–water partition coefficient (Wildman–Crippen LogP) is 3.24. The van der Waals surface area contributed by atoms with Gasteiger partial charge in [0.25, 0.3) is 5.56 Å². The van der Waals surface area contributed by atoms with E-state index in [0.29, 0.717) is 22.1 Å². The third kappa shape index (κ3) is 3.47. The van der Waals surface area contributed by atoms with Gasteiger partial charge in [0.05, 0.1) is 10.7 Å². The molecule has 1 aromatic heterocycles. The molecule has 1 amide bonds. The number of nitrogens with zero attached hydrogens (tertiary/aromatic N) is 1. The van der Waals surface area contributed by atoms with E-state index < -0.39 is 0 Å². The van der Waals surface area contributed by atoms with E-state index in [1.807, 2.05) is 0 Å². The second-order valence-electron chi connectivity index (χ2n) is 6.68. The fourth-order valence-electron chi connectivity index (χ4n) is 3.39. The molecule has 128 valence electrons. The van der Waals surface area contributed by atoms with Crippen LogP contribution in [0.4, 0.5) is 5.69 Å². The maximum atomic E-state index is 12.5. The Labute approximate surface area is 146 Å². The van der Waals surface area contributed by atoms with Crippen molar-refractivity contribution < 1.29 is 4.79 Å². The molecule has 2 aromatic rings. The number of hydrogen-bond donors (Lipinski definition) is 2. The van der Waals surface area contributed by atoms with Crippen LogP contribution in [0.5, 0.6) is 0 Å². The molecule has 6 heteroatoms. The quantitative estimate of drug-likeness (QED) is 0.895. The number of halogens is 1. The molecular weight excluding hydrogens is 326 g/mol. The molecule has 0 atom stereocenters. The van der Waals surface area contributed by atoms with Gasteiger partial charge in [0.2, 0.25) is 5.91 Å². The van der Waals surface area contributed by atoms with Crippen LogP contribution < -0.4 is 10.9 Å². The first-order chi connectivity index (χ1) is 11.5. The average Bonchev–Trinajstić information content (AvgIpc) is 2.56. The molecule has 24 heavy (non-hydrogen) atoms. The van der Waals surface area contributed by atoms with Crippen LogP contribution in [0.15, 0.2) is 29.2 Å². The number of carbonyl (C=O) groups is 1. The topological polar surface area (TPSA) is 65.2 Å². The number of nitrogens with one attached hydrogen (secondary N) is 2. The number of aromatic nitrogens is 1. The number of amides is 1. The minimum Gasteiger partial charge on any atom is -0.329 e. The Kier molecular flexibility index (Phi) is 4.92. The second kappa shape index (κ2) is 6.95. The van der Waals surface area contributed by atoms with E-state index in [2.05, 4.69) is 29.3 Å². The van der Waals surface area contributed by atoms with Gasteiger partial charge in [-0.15, -0.1) is 0 Å². The zero-order chi connectivity index (χ0) is 17.3. The largest absolute Gasteiger partial charge is 0.329 e. The minimum absolute atomic E-state index is 0.0123. The second-order valence-corrected chi connectivity index (χ2v) is 7.09. The van der Waals surface area contributed by atoms with Gasteiger partial charge < -0.3 is 15.2 Å². The van der Waals surface area contributed by atoms with Crippen LogP contribution in [0.3, 0.4) is 0 Å². The molecule has 0 unspecified atom stereocenters. The van der Waals surface area contributed by atoms with E-state index in [9.17, 15) is 9.59 Å². The van der Waals surface area contributed by atoms with E-state index in [1.165, 1.54) is 0 Å². The van der Waals surface area contributed by atoms with Crippen molar-refractivity contribution in [1.82, 2.24) is 9.88 Å². The monoisotopic (exact) mass is 347 g/mol. The van der Waals surface area contributed by atoms with Crippen LogP contribution in [0.1, 0.15) is 25.7 Å². The molecule has 0 aliphatic heterocycles. The van der Waals surface area contributed by atoms with Gasteiger partial charge in [-0.25, -0.2) is 0 Å². The Morgan fingerprint density at radius 3 is 2.62 bits per heavy atom. The van der Waals surface area contributed by atoms with Gasteiger partial charge in [-0.1, -0.05) is 11.6 Å². The van der Waals surface area contributed by atoms with Crippen molar-refractivity contribution in [3.05, 3.63) is 39.8 Å². The summed E-state index contributed by atoms with van der Waals surface area (Å²) in [6.45, 7) is 0. The van der Waals surface area contributed by atoms with Crippen LogP contribution in [-0.2, 0) is 4.79 Å². The van der Waals surface area contributed by atoms with Crippen LogP contribution in [0.2, 0.25) is 5.02 Å². The minimum atomic E-state index is -0.186. The van der Waals surface area contributed by atoms with Crippen molar-refractivity contribution in [2.45, 2.75) is 31.7 Å². The Hall–Kier alpha value is -1.85. The fourth-order valence-corrected chi connectivity index (χ4v) is 3.61. The molecule has 1 aliphatic carbocycles. The highest BCUT2D eigenvalue weighted by Crippen LogP contribution is 2.30. The van der Waals surface area contributed by atoms with Crippen molar-refractivity contribution in [3.8, 4) is 0 Å². The average molecular weight is 348 g/mol. The van der Waals surface area contributed by atoms with Gasteiger partial charge in [0.1, 0.15) is 0 Å². The lowest BCUT2D eigenvalue weighted by atomic mass is 9.85. The Bertz CT molecular complexity index is 808. The predicted molar refractivity (Wildman–Crippen MR) is 97.6 cm³/mol. The lowest BCUT2D eigenvalue weighted by Crippen LogP contribution is -2.35. The molecule has 2 N–H and O–H groups in total. The molecule has 1 aromatic carbocycles. The van der Waals surface area contributed by atoms with Crippen LogP contribution in [-0.4, -0.2) is 35.9 Å². The van der Waals surface area contributed by atoms with E-state index >= 15 is 0 Å². The van der Waals surface area contributed by atoms with E-state index in [1.54, 1.807) is 24.4 Å². The SMILES string of the molecule is CN(C)[C@H]1CC[C@@H](C(=O)Nc2cc3cc[nH]c(=O)c3cc2Cl)CC1. The van der Waals surface area contributed by atoms with E-state index in [4.69, 9.17) is 11.6 Å². The molecule has 1 heterocycles. The molecular formula is C18H22ClN3O2. The summed E-state index contributed by atoms with van der Waals surface area (Å²) in [6, 6.07) is 5.72. The molecule has 1 fully saturated rings. The molecule has 0 spiro atoms. The number of pyridine rings is 1. The van der Waals surface area contributed by atoms with E-state index in [-0.39, 0.29) is 17.4 Å². The standard InChI is InChI=1S/C18H22ClN3O2/c1-22(2)13-5-3-11(4-6-13)17(23)21-16-9-12-7-8-20-18(24)14(12)10-15(16)19/h7-11,13H,3-6H2,1-2H3,(H,20,24)(H,21,23)/t11-,13+. The maximum absolute atomic E-state index is 12.5. The van der Waals surface area contributed by atoms with Gasteiger partial charge in [0, 0.05) is 23.5 Å². The number of aromatic amines is 1. The molecule has 1 aliphatic rings. The summed E-state index contributed by atoms with van der Waals surface area (Å²) in [5.41, 5.74) is 0.379. The smallest absolute Gasteiger partial charge is 0.255 e. The summed E-state index contributed by atoms with van der Waals surface area (Å²) in [5, 5.41) is 4.60. The summed E-state index contributed by atoms with van der Waals surface area (Å²) in [6.07, 6.45) is 5.43. The molecule has 0 bridgehead atoms. The third-order valence-electron chi connectivity index (χ3n) is 4.92. The van der Waals surface area contributed by atoms with Gasteiger partial charge in [-0.2, -0.15) is 0 Å². The third-order valence-corrected chi connectivity index (χ3v) is 5.23. The van der Waals surface area contributed by atoms with Crippen molar-refractivity contribution in [2.24, 2.45) is 5.92 Å². The molecule has 3 rings (SSSR count). The van der Waals surface area contributed by atoms with Crippen LogP contribution >= 0.6 is 11.6 Å². The van der Waals surface area contributed by atoms with Crippen molar-refractivity contribution in [2.75, 3.05) is 19.4 Å². The van der Waals surface area contributed by atoms with Crippen molar-refractivity contribution in [3.63, 3.8) is 0 Å². The zero-order valence-corrected chi connectivity index (χ0v) is 14.7. The lowest BCUT2D eigenvalue weighted by Gasteiger charge is -2.32.